The minimum atomic E-state index is -0.254. The Morgan fingerprint density at radius 1 is 1.24 bits per heavy atom. The molecule has 8 heteroatoms. The maximum Gasteiger partial charge on any atom is 0.253 e. The summed E-state index contributed by atoms with van der Waals surface area (Å²) in [4.78, 5) is 31.7. The lowest BCUT2D eigenvalue weighted by Gasteiger charge is -2.05. The highest BCUT2D eigenvalue weighted by atomic mass is 35.5. The molecule has 0 saturated heterocycles. The number of nitrogens with one attached hydrogen (secondary N) is 2. The average molecular weight is 358 g/mol. The smallest absolute Gasteiger partial charge is 0.253 e. The number of imidazole rings is 1. The lowest BCUT2D eigenvalue weighted by atomic mass is 10.2. The first kappa shape index (κ1) is 16.9. The molecule has 0 radical (unpaired) electrons. The molecule has 3 aromatic rings. The average Bonchev–Trinajstić information content (AvgIpc) is 2.88. The molecule has 0 spiro atoms. The molecule has 3 rings (SSSR count). The molecule has 0 unspecified atom stereocenters. The fourth-order valence-corrected chi connectivity index (χ4v) is 2.57. The Morgan fingerprint density at radius 3 is 2.72 bits per heavy atom. The van der Waals surface area contributed by atoms with Gasteiger partial charge in [-0.1, -0.05) is 11.6 Å². The minimum absolute atomic E-state index is 0.139. The predicted octanol–water partition coefficient (Wildman–Crippen LogP) is 2.51. The van der Waals surface area contributed by atoms with Crippen molar-refractivity contribution in [2.24, 2.45) is 7.05 Å². The van der Waals surface area contributed by atoms with E-state index in [4.69, 9.17) is 11.6 Å². The molecule has 1 aromatic carbocycles. The lowest BCUT2D eigenvalue weighted by molar-refractivity contribution is -0.114. The van der Waals surface area contributed by atoms with Crippen LogP contribution in [-0.2, 0) is 18.4 Å². The Balaban J connectivity index is 1.77. The second-order valence-corrected chi connectivity index (χ2v) is 5.91. The van der Waals surface area contributed by atoms with Crippen molar-refractivity contribution in [2.75, 3.05) is 5.32 Å². The number of aryl methyl sites for hydroxylation is 1. The van der Waals surface area contributed by atoms with Gasteiger partial charge in [0.25, 0.3) is 5.91 Å². The summed E-state index contributed by atoms with van der Waals surface area (Å²) in [6, 6.07) is 8.66. The number of pyridine rings is 1. The quantitative estimate of drug-likeness (QED) is 0.702. The van der Waals surface area contributed by atoms with Crippen LogP contribution >= 0.6 is 11.6 Å². The van der Waals surface area contributed by atoms with E-state index in [2.05, 4.69) is 20.6 Å². The van der Waals surface area contributed by atoms with Crippen molar-refractivity contribution >= 4 is 40.1 Å². The lowest BCUT2D eigenvalue weighted by Crippen LogP contribution is -2.24. The van der Waals surface area contributed by atoms with Crippen LogP contribution in [0.15, 0.2) is 36.5 Å². The van der Waals surface area contributed by atoms with E-state index in [0.717, 1.165) is 11.0 Å². The molecular weight excluding hydrogens is 342 g/mol. The zero-order valence-corrected chi connectivity index (χ0v) is 14.5. The summed E-state index contributed by atoms with van der Waals surface area (Å²) in [6.45, 7) is 1.72. The maximum atomic E-state index is 12.2. The number of anilines is 1. The van der Waals surface area contributed by atoms with Gasteiger partial charge < -0.3 is 15.2 Å². The number of carbonyl (C=O) groups is 2. The van der Waals surface area contributed by atoms with E-state index < -0.39 is 0 Å². The number of hydrogen-bond acceptors (Lipinski definition) is 4. The van der Waals surface area contributed by atoms with Crippen LogP contribution in [0, 0.1) is 0 Å². The molecule has 7 nitrogen and oxygen atoms in total. The van der Waals surface area contributed by atoms with Gasteiger partial charge in [-0.05, 0) is 30.3 Å². The van der Waals surface area contributed by atoms with Crippen molar-refractivity contribution < 1.29 is 9.59 Å². The van der Waals surface area contributed by atoms with E-state index in [1.54, 1.807) is 18.2 Å². The third-order valence-electron chi connectivity index (χ3n) is 3.69. The van der Waals surface area contributed by atoms with Crippen molar-refractivity contribution in [3.63, 3.8) is 0 Å². The predicted molar refractivity (Wildman–Crippen MR) is 95.4 cm³/mol. The van der Waals surface area contributed by atoms with E-state index in [-0.39, 0.29) is 18.4 Å². The molecule has 2 amide bonds. The van der Waals surface area contributed by atoms with Crippen LogP contribution in [-0.4, -0.2) is 26.3 Å². The topological polar surface area (TPSA) is 88.9 Å². The summed E-state index contributed by atoms with van der Waals surface area (Å²) < 4.78 is 1.90. The first-order valence-corrected chi connectivity index (χ1v) is 7.94. The van der Waals surface area contributed by atoms with Crippen molar-refractivity contribution in [1.29, 1.82) is 0 Å². The maximum absolute atomic E-state index is 12.2. The number of nitrogens with zero attached hydrogens (tertiary/aromatic N) is 3. The minimum Gasteiger partial charge on any atom is -0.345 e. The monoisotopic (exact) mass is 357 g/mol. The number of halogens is 1. The van der Waals surface area contributed by atoms with Gasteiger partial charge in [-0.2, -0.15) is 0 Å². The zero-order chi connectivity index (χ0) is 18.0. The van der Waals surface area contributed by atoms with Crippen molar-refractivity contribution in [2.45, 2.75) is 13.5 Å². The highest BCUT2D eigenvalue weighted by Gasteiger charge is 2.11. The zero-order valence-electron chi connectivity index (χ0n) is 13.7. The molecule has 0 saturated carbocycles. The van der Waals surface area contributed by atoms with Crippen LogP contribution in [0.2, 0.25) is 5.15 Å². The number of carbonyl (C=O) groups excluding carboxylic acids is 2. The number of benzene rings is 1. The Kier molecular flexibility index (Phi) is 4.67. The van der Waals surface area contributed by atoms with Gasteiger partial charge in [0.15, 0.2) is 0 Å². The first-order chi connectivity index (χ1) is 11.9. The highest BCUT2D eigenvalue weighted by Crippen LogP contribution is 2.19. The van der Waals surface area contributed by atoms with Gasteiger partial charge in [-0.15, -0.1) is 0 Å². The van der Waals surface area contributed by atoms with Gasteiger partial charge in [-0.3, -0.25) is 9.59 Å². The molecular formula is C17H16ClN5O2. The second kappa shape index (κ2) is 6.90. The molecule has 128 valence electrons. The highest BCUT2D eigenvalue weighted by molar-refractivity contribution is 6.29. The molecule has 0 atom stereocenters. The Morgan fingerprint density at radius 2 is 2.04 bits per heavy atom. The second-order valence-electron chi connectivity index (χ2n) is 5.52. The number of amides is 2. The molecule has 0 aliphatic rings. The molecule has 2 aromatic heterocycles. The molecule has 2 heterocycles. The van der Waals surface area contributed by atoms with E-state index in [9.17, 15) is 9.59 Å². The summed E-state index contributed by atoms with van der Waals surface area (Å²) in [7, 11) is 1.87. The SMILES string of the molecule is CC(=O)Nc1ccc2c(c1)nc(CNC(=O)c1ccc(Cl)nc1)n2C. The van der Waals surface area contributed by atoms with Crippen molar-refractivity contribution in [3.8, 4) is 0 Å². The van der Waals surface area contributed by atoms with Gasteiger partial charge >= 0.3 is 0 Å². The fraction of sp³-hybridized carbons (Fsp3) is 0.176. The van der Waals surface area contributed by atoms with Crippen LogP contribution < -0.4 is 10.6 Å². The molecule has 25 heavy (non-hydrogen) atoms. The fourth-order valence-electron chi connectivity index (χ4n) is 2.46. The number of hydrogen-bond donors (Lipinski definition) is 2. The summed E-state index contributed by atoms with van der Waals surface area (Å²) in [5, 5.41) is 5.87. The molecule has 0 fully saturated rings. The Labute approximate surface area is 149 Å². The number of aromatic nitrogens is 3. The molecule has 0 bridgehead atoms. The largest absolute Gasteiger partial charge is 0.345 e. The van der Waals surface area contributed by atoms with Crippen LogP contribution in [0.1, 0.15) is 23.1 Å². The van der Waals surface area contributed by atoms with Crippen molar-refractivity contribution in [3.05, 3.63) is 53.1 Å². The normalized spacial score (nSPS) is 10.7. The number of fused-ring (bicyclic) bond motifs is 1. The van der Waals surface area contributed by atoms with Crippen molar-refractivity contribution in [1.82, 2.24) is 19.9 Å². The van der Waals surface area contributed by atoms with Gasteiger partial charge in [-0.25, -0.2) is 9.97 Å². The third-order valence-corrected chi connectivity index (χ3v) is 3.91. The van der Waals surface area contributed by atoms with Crippen LogP contribution in [0.3, 0.4) is 0 Å². The van der Waals surface area contributed by atoms with E-state index in [0.29, 0.717) is 22.2 Å². The summed E-state index contributed by atoms with van der Waals surface area (Å²) in [5.41, 5.74) is 2.76. The number of rotatable bonds is 4. The third kappa shape index (κ3) is 3.77. The Bertz CT molecular complexity index is 950. The van der Waals surface area contributed by atoms with Gasteiger partial charge in [0.2, 0.25) is 5.91 Å². The van der Waals surface area contributed by atoms with E-state index in [1.807, 2.05) is 23.7 Å². The summed E-state index contributed by atoms with van der Waals surface area (Å²) in [5.74, 6) is 0.305. The first-order valence-electron chi connectivity index (χ1n) is 7.57. The molecule has 2 N–H and O–H groups in total. The molecule has 0 aliphatic heterocycles. The van der Waals surface area contributed by atoms with Gasteiger partial charge in [0.05, 0.1) is 23.1 Å². The van der Waals surface area contributed by atoms with Crippen LogP contribution in [0.25, 0.3) is 11.0 Å². The Hall–Kier alpha value is -2.93. The van der Waals surface area contributed by atoms with Gasteiger partial charge in [0.1, 0.15) is 11.0 Å². The van der Waals surface area contributed by atoms with E-state index >= 15 is 0 Å². The molecule has 0 aliphatic carbocycles. The summed E-state index contributed by atoms with van der Waals surface area (Å²) >= 11 is 5.72. The van der Waals surface area contributed by atoms with Gasteiger partial charge in [0, 0.05) is 25.9 Å². The summed E-state index contributed by atoms with van der Waals surface area (Å²) in [6.07, 6.45) is 1.42. The van der Waals surface area contributed by atoms with Crippen LogP contribution in [0.4, 0.5) is 5.69 Å². The van der Waals surface area contributed by atoms with E-state index in [1.165, 1.54) is 13.1 Å². The van der Waals surface area contributed by atoms with Crippen LogP contribution in [0.5, 0.6) is 0 Å². The standard InChI is InChI=1S/C17H16ClN5O2/c1-10(24)21-12-4-5-14-13(7-12)22-16(23(14)2)9-20-17(25)11-3-6-15(18)19-8-11/h3-8H,9H2,1-2H3,(H,20,25)(H,21,24).